The van der Waals surface area contributed by atoms with E-state index in [1.165, 1.54) is 6.33 Å². The summed E-state index contributed by atoms with van der Waals surface area (Å²) in [5.74, 6) is 5.51. The first-order valence-corrected chi connectivity index (χ1v) is 4.25. The highest BCUT2D eigenvalue weighted by atomic mass is 15.3. The molecule has 0 fully saturated rings. The second-order valence-corrected chi connectivity index (χ2v) is 3.10. The summed E-state index contributed by atoms with van der Waals surface area (Å²) in [5.41, 5.74) is 1.21. The van der Waals surface area contributed by atoms with E-state index in [4.69, 9.17) is 16.5 Å². The van der Waals surface area contributed by atoms with Gasteiger partial charge in [0.25, 0.3) is 0 Å². The van der Waals surface area contributed by atoms with E-state index in [2.05, 4.69) is 10.1 Å². The molecule has 0 bridgehead atoms. The van der Waals surface area contributed by atoms with E-state index in [0.717, 1.165) is 4.68 Å². The van der Waals surface area contributed by atoms with Crippen LogP contribution in [0.4, 0.5) is 0 Å². The molecule has 0 saturated carbocycles. The minimum Gasteiger partial charge on any atom is -0.336 e. The van der Waals surface area contributed by atoms with Crippen LogP contribution in [0.2, 0.25) is 0 Å². The molecule has 0 saturated heterocycles. The Hall–Kier alpha value is -2.36. The molecule has 0 aliphatic carbocycles. The lowest BCUT2D eigenvalue weighted by molar-refractivity contribution is 0.764. The number of nitriles is 1. The molecule has 2 rings (SSSR count). The van der Waals surface area contributed by atoms with E-state index >= 15 is 0 Å². The number of aryl methyl sites for hydroxylation is 1. The topological polar surface area (TPSA) is 109 Å². The third-order valence-corrected chi connectivity index (χ3v) is 2.14. The van der Waals surface area contributed by atoms with Crippen LogP contribution in [-0.4, -0.2) is 19.4 Å². The quantitative estimate of drug-likeness (QED) is 0.581. The molecule has 0 radical (unpaired) electrons. The summed E-state index contributed by atoms with van der Waals surface area (Å²) in [6.45, 7) is 0. The minimum absolute atomic E-state index is 0.110. The van der Waals surface area contributed by atoms with Gasteiger partial charge in [-0.1, -0.05) is 0 Å². The lowest BCUT2D eigenvalue weighted by Gasteiger charge is -1.98. The maximum atomic E-state index is 8.63. The number of nitrogens with two attached hydrogens (primary N) is 1. The maximum Gasteiger partial charge on any atom is 0.163 e. The third-order valence-electron chi connectivity index (χ3n) is 2.14. The van der Waals surface area contributed by atoms with Crippen molar-refractivity contribution in [3.8, 4) is 6.07 Å². The van der Waals surface area contributed by atoms with Crippen molar-refractivity contribution in [1.82, 2.24) is 19.4 Å². The molecule has 2 aromatic heterocycles. The van der Waals surface area contributed by atoms with Gasteiger partial charge in [0.15, 0.2) is 11.1 Å². The van der Waals surface area contributed by atoms with Crippen LogP contribution in [0, 0.1) is 16.7 Å². The van der Waals surface area contributed by atoms with Crippen molar-refractivity contribution in [3.63, 3.8) is 0 Å². The van der Waals surface area contributed by atoms with Gasteiger partial charge in [-0.15, -0.1) is 0 Å². The normalized spacial score (nSPS) is 10.4. The minimum atomic E-state index is 0.110. The number of nitrogen functional groups attached to an aromatic ring is 1. The molecule has 0 atom stereocenters. The van der Waals surface area contributed by atoms with Gasteiger partial charge < -0.3 is 5.84 Å². The van der Waals surface area contributed by atoms with Crippen LogP contribution in [0.1, 0.15) is 5.69 Å². The van der Waals surface area contributed by atoms with E-state index in [1.54, 1.807) is 11.7 Å². The van der Waals surface area contributed by atoms with Crippen molar-refractivity contribution in [3.05, 3.63) is 17.5 Å². The Morgan fingerprint density at radius 2 is 2.40 bits per heavy atom. The Kier molecular flexibility index (Phi) is 1.90. The van der Waals surface area contributed by atoms with Crippen molar-refractivity contribution in [1.29, 1.82) is 10.7 Å². The molecule has 0 amide bonds. The van der Waals surface area contributed by atoms with E-state index < -0.39 is 0 Å². The number of aromatic nitrogens is 4. The Morgan fingerprint density at radius 1 is 1.67 bits per heavy atom. The summed E-state index contributed by atoms with van der Waals surface area (Å²) in [7, 11) is 1.72. The van der Waals surface area contributed by atoms with Gasteiger partial charge in [0.1, 0.15) is 6.33 Å². The van der Waals surface area contributed by atoms with Gasteiger partial charge in [-0.25, -0.2) is 14.3 Å². The monoisotopic (exact) mass is 203 g/mol. The van der Waals surface area contributed by atoms with Crippen LogP contribution in [0.15, 0.2) is 6.33 Å². The molecule has 2 aromatic rings. The molecule has 0 unspecified atom stereocenters. The molecule has 0 spiro atoms. The predicted octanol–water partition coefficient (Wildman–Crippen LogP) is -0.971. The highest BCUT2D eigenvalue weighted by molar-refractivity contribution is 5.76. The Morgan fingerprint density at radius 3 is 3.07 bits per heavy atom. The summed E-state index contributed by atoms with van der Waals surface area (Å²) in [5, 5.41) is 21.0. The van der Waals surface area contributed by atoms with Gasteiger partial charge in [-0.3, -0.25) is 5.41 Å². The molecule has 7 nitrogen and oxygen atoms in total. The SMILES string of the molecule is Cn1nc(CC#N)c2c(=N)n(N)cnc21. The maximum absolute atomic E-state index is 8.63. The van der Waals surface area contributed by atoms with Gasteiger partial charge in [-0.2, -0.15) is 10.4 Å². The van der Waals surface area contributed by atoms with Crippen molar-refractivity contribution in [2.75, 3.05) is 5.84 Å². The fourth-order valence-electron chi connectivity index (χ4n) is 1.46. The number of rotatable bonds is 1. The third kappa shape index (κ3) is 1.23. The number of nitrogens with zero attached hydrogens (tertiary/aromatic N) is 5. The Balaban J connectivity index is 2.91. The van der Waals surface area contributed by atoms with Gasteiger partial charge in [0.05, 0.1) is 23.6 Å². The summed E-state index contributed by atoms with van der Waals surface area (Å²) in [6.07, 6.45) is 1.50. The highest BCUT2D eigenvalue weighted by Crippen LogP contribution is 2.10. The first-order valence-electron chi connectivity index (χ1n) is 4.25. The van der Waals surface area contributed by atoms with Crippen LogP contribution in [-0.2, 0) is 13.5 Å². The Bertz CT molecular complexity index is 612. The number of hydrogen-bond donors (Lipinski definition) is 2. The standard InChI is InChI=1S/C8H9N7/c1-14-8-6(5(13-14)2-3-9)7(10)15(11)4-12-8/h4,10H,2,11H2,1H3. The summed E-state index contributed by atoms with van der Waals surface area (Å²) >= 11 is 0. The Labute approximate surface area is 84.9 Å². The molecule has 0 aromatic carbocycles. The number of nitrogens with one attached hydrogen (secondary N) is 1. The van der Waals surface area contributed by atoms with Crippen LogP contribution < -0.4 is 11.3 Å². The largest absolute Gasteiger partial charge is 0.336 e. The number of fused-ring (bicyclic) bond motifs is 1. The second kappa shape index (κ2) is 3.09. The molecule has 76 valence electrons. The lowest BCUT2D eigenvalue weighted by atomic mass is 10.2. The first-order chi connectivity index (χ1) is 7.15. The smallest absolute Gasteiger partial charge is 0.163 e. The van der Waals surface area contributed by atoms with Crippen LogP contribution in [0.5, 0.6) is 0 Å². The number of hydrogen-bond acceptors (Lipinski definition) is 5. The zero-order valence-electron chi connectivity index (χ0n) is 8.10. The van der Waals surface area contributed by atoms with Crippen LogP contribution in [0.3, 0.4) is 0 Å². The zero-order chi connectivity index (χ0) is 11.0. The molecular formula is C8H9N7. The van der Waals surface area contributed by atoms with Gasteiger partial charge in [0, 0.05) is 7.05 Å². The molecular weight excluding hydrogens is 194 g/mol. The average molecular weight is 203 g/mol. The van der Waals surface area contributed by atoms with Gasteiger partial charge in [-0.05, 0) is 0 Å². The van der Waals surface area contributed by atoms with Crippen molar-refractivity contribution in [2.24, 2.45) is 7.05 Å². The average Bonchev–Trinajstić information content (AvgIpc) is 2.51. The predicted molar refractivity (Wildman–Crippen MR) is 51.8 cm³/mol. The van der Waals surface area contributed by atoms with E-state index in [-0.39, 0.29) is 11.9 Å². The molecule has 0 aliphatic rings. The molecule has 2 heterocycles. The molecule has 7 heteroatoms. The summed E-state index contributed by atoms with van der Waals surface area (Å²) in [6, 6.07) is 2.00. The van der Waals surface area contributed by atoms with E-state index in [9.17, 15) is 0 Å². The summed E-state index contributed by atoms with van der Waals surface area (Å²) < 4.78 is 2.64. The molecule has 0 aliphatic heterocycles. The van der Waals surface area contributed by atoms with E-state index in [1.807, 2.05) is 6.07 Å². The van der Waals surface area contributed by atoms with Gasteiger partial charge >= 0.3 is 0 Å². The first kappa shape index (κ1) is 9.21. The lowest BCUT2D eigenvalue weighted by Crippen LogP contribution is -2.27. The molecule has 15 heavy (non-hydrogen) atoms. The second-order valence-electron chi connectivity index (χ2n) is 3.10. The fourth-order valence-corrected chi connectivity index (χ4v) is 1.46. The van der Waals surface area contributed by atoms with Crippen molar-refractivity contribution >= 4 is 11.0 Å². The summed E-state index contributed by atoms with van der Waals surface area (Å²) in [4.78, 5) is 4.05. The van der Waals surface area contributed by atoms with Crippen molar-refractivity contribution in [2.45, 2.75) is 6.42 Å². The fraction of sp³-hybridized carbons (Fsp3) is 0.250. The van der Waals surface area contributed by atoms with Crippen LogP contribution in [0.25, 0.3) is 11.0 Å². The van der Waals surface area contributed by atoms with E-state index in [0.29, 0.717) is 16.7 Å². The zero-order valence-corrected chi connectivity index (χ0v) is 8.10. The van der Waals surface area contributed by atoms with Gasteiger partial charge in [0.2, 0.25) is 0 Å². The molecule has 3 N–H and O–H groups in total. The van der Waals surface area contributed by atoms with Crippen LogP contribution >= 0.6 is 0 Å². The highest BCUT2D eigenvalue weighted by Gasteiger charge is 2.11. The van der Waals surface area contributed by atoms with Crippen molar-refractivity contribution < 1.29 is 0 Å².